The maximum Gasteiger partial charge on any atom is 0.408 e. The van der Waals surface area contributed by atoms with Gasteiger partial charge in [-0.3, -0.25) is 14.4 Å². The molecule has 1 saturated carbocycles. The summed E-state index contributed by atoms with van der Waals surface area (Å²) in [4.78, 5) is 64.1. The Morgan fingerprint density at radius 1 is 0.830 bits per heavy atom. The third kappa shape index (κ3) is 14.5. The van der Waals surface area contributed by atoms with E-state index in [1.807, 2.05) is 74.5 Å². The van der Waals surface area contributed by atoms with Gasteiger partial charge in [-0.15, -0.1) is 0 Å². The molecule has 1 aliphatic carbocycles. The molecule has 4 amide bonds. The molecular formula is C36H48N4O7. The molecule has 0 heterocycles. The zero-order valence-electron chi connectivity index (χ0n) is 27.3. The first-order valence-electron chi connectivity index (χ1n) is 16.4. The number of esters is 1. The summed E-state index contributed by atoms with van der Waals surface area (Å²) in [6.07, 6.45) is 7.21. The van der Waals surface area contributed by atoms with Gasteiger partial charge in [0.2, 0.25) is 17.7 Å². The van der Waals surface area contributed by atoms with Crippen LogP contribution in [0.2, 0.25) is 0 Å². The van der Waals surface area contributed by atoms with Crippen LogP contribution in [0.5, 0.6) is 0 Å². The SMILES string of the molecule is CC(C)C[C@H](NC(=O)OCc1ccccc1)C(=O)N[C@@H](Cc1ccccc1)C(=O)N[C@H](/C=C/C(=O)OC1CCCCC1)CCC(N)=O. The van der Waals surface area contributed by atoms with E-state index in [0.717, 1.165) is 43.2 Å². The Kier molecular flexibility index (Phi) is 15.5. The van der Waals surface area contributed by atoms with Crippen LogP contribution in [0.25, 0.3) is 0 Å². The highest BCUT2D eigenvalue weighted by Gasteiger charge is 2.29. The number of carbonyl (C=O) groups excluding carboxylic acids is 5. The molecule has 5 N–H and O–H groups in total. The molecule has 0 unspecified atom stereocenters. The lowest BCUT2D eigenvalue weighted by Crippen LogP contribution is -2.55. The standard InChI is InChI=1S/C36H48N4O7/c1-25(2)22-30(40-36(45)46-24-27-14-8-4-9-15-27)35(44)39-31(23-26-12-6-3-7-13-26)34(43)38-28(18-20-32(37)41)19-21-33(42)47-29-16-10-5-11-17-29/h3-4,6-9,12-15,19,21,25,28-31H,5,10-11,16-18,20,22-24H2,1-2H3,(H2,37,41)(H,38,43)(H,39,44)(H,40,45)/b21-19+/t28-,30-,31-/m0/s1. The highest BCUT2D eigenvalue weighted by atomic mass is 16.5. The van der Waals surface area contributed by atoms with Gasteiger partial charge < -0.3 is 31.2 Å². The van der Waals surface area contributed by atoms with Crippen molar-refractivity contribution in [2.45, 2.75) is 102 Å². The molecule has 47 heavy (non-hydrogen) atoms. The number of carbonyl (C=O) groups is 5. The van der Waals surface area contributed by atoms with E-state index in [-0.39, 0.29) is 37.9 Å². The molecule has 0 aromatic heterocycles. The zero-order valence-corrected chi connectivity index (χ0v) is 27.3. The van der Waals surface area contributed by atoms with E-state index in [0.29, 0.717) is 6.42 Å². The first-order valence-corrected chi connectivity index (χ1v) is 16.4. The van der Waals surface area contributed by atoms with Crippen LogP contribution in [0.4, 0.5) is 4.79 Å². The number of nitrogens with two attached hydrogens (primary N) is 1. The summed E-state index contributed by atoms with van der Waals surface area (Å²) in [5.74, 6) is -2.12. The summed E-state index contributed by atoms with van der Waals surface area (Å²) in [7, 11) is 0. The molecule has 3 atom stereocenters. The molecule has 3 rings (SSSR count). The fourth-order valence-corrected chi connectivity index (χ4v) is 5.32. The largest absolute Gasteiger partial charge is 0.459 e. The van der Waals surface area contributed by atoms with Crippen LogP contribution >= 0.6 is 0 Å². The van der Waals surface area contributed by atoms with Crippen LogP contribution in [-0.4, -0.2) is 54.0 Å². The predicted octanol–water partition coefficient (Wildman–Crippen LogP) is 4.24. The average molecular weight is 649 g/mol. The topological polar surface area (TPSA) is 166 Å². The Balaban J connectivity index is 1.72. The minimum absolute atomic E-state index is 0.0336. The van der Waals surface area contributed by atoms with Crippen molar-refractivity contribution in [1.29, 1.82) is 0 Å². The van der Waals surface area contributed by atoms with Crippen molar-refractivity contribution >= 4 is 29.8 Å². The van der Waals surface area contributed by atoms with Gasteiger partial charge in [0.25, 0.3) is 0 Å². The van der Waals surface area contributed by atoms with Crippen molar-refractivity contribution in [3.8, 4) is 0 Å². The molecule has 2 aromatic carbocycles. The van der Waals surface area contributed by atoms with Gasteiger partial charge in [-0.1, -0.05) is 87.0 Å². The second kappa shape index (κ2) is 19.8. The molecule has 1 fully saturated rings. The first kappa shape index (κ1) is 36.8. The molecule has 0 spiro atoms. The van der Waals surface area contributed by atoms with Gasteiger partial charge >= 0.3 is 12.1 Å². The average Bonchev–Trinajstić information content (AvgIpc) is 3.05. The van der Waals surface area contributed by atoms with E-state index in [9.17, 15) is 24.0 Å². The quantitative estimate of drug-likeness (QED) is 0.147. The molecular weight excluding hydrogens is 600 g/mol. The van der Waals surface area contributed by atoms with Crippen LogP contribution in [0.3, 0.4) is 0 Å². The van der Waals surface area contributed by atoms with Crippen molar-refractivity contribution < 1.29 is 33.4 Å². The van der Waals surface area contributed by atoms with E-state index in [1.54, 1.807) is 0 Å². The monoisotopic (exact) mass is 648 g/mol. The number of hydrogen-bond donors (Lipinski definition) is 4. The normalized spacial score (nSPS) is 15.3. The highest BCUT2D eigenvalue weighted by Crippen LogP contribution is 2.20. The van der Waals surface area contributed by atoms with Crippen molar-refractivity contribution in [3.63, 3.8) is 0 Å². The number of rotatable bonds is 17. The Morgan fingerprint density at radius 2 is 1.45 bits per heavy atom. The summed E-state index contributed by atoms with van der Waals surface area (Å²) >= 11 is 0. The van der Waals surface area contributed by atoms with Gasteiger partial charge in [-0.25, -0.2) is 9.59 Å². The molecule has 0 bridgehead atoms. The number of amides is 4. The number of benzene rings is 2. The zero-order chi connectivity index (χ0) is 34.0. The summed E-state index contributed by atoms with van der Waals surface area (Å²) in [6.45, 7) is 3.87. The van der Waals surface area contributed by atoms with Gasteiger partial charge in [0.1, 0.15) is 24.8 Å². The van der Waals surface area contributed by atoms with E-state index < -0.39 is 47.9 Å². The van der Waals surface area contributed by atoms with E-state index >= 15 is 0 Å². The summed E-state index contributed by atoms with van der Waals surface area (Å²) in [5, 5.41) is 8.31. The number of ether oxygens (including phenoxy) is 2. The Bertz CT molecular complexity index is 1330. The van der Waals surface area contributed by atoms with Gasteiger partial charge in [0, 0.05) is 25.0 Å². The predicted molar refractivity (Wildman–Crippen MR) is 178 cm³/mol. The Hall–Kier alpha value is -4.67. The van der Waals surface area contributed by atoms with Crippen LogP contribution in [0.15, 0.2) is 72.8 Å². The van der Waals surface area contributed by atoms with Crippen LogP contribution in [0.1, 0.15) is 76.3 Å². The van der Waals surface area contributed by atoms with Crippen molar-refractivity contribution in [3.05, 3.63) is 83.9 Å². The molecule has 11 heteroatoms. The Morgan fingerprint density at radius 3 is 2.06 bits per heavy atom. The summed E-state index contributed by atoms with van der Waals surface area (Å²) in [6, 6.07) is 15.6. The first-order chi connectivity index (χ1) is 22.6. The number of hydrogen-bond acceptors (Lipinski definition) is 7. The molecule has 0 saturated heterocycles. The van der Waals surface area contributed by atoms with Crippen molar-refractivity contribution in [1.82, 2.24) is 16.0 Å². The van der Waals surface area contributed by atoms with E-state index in [4.69, 9.17) is 15.2 Å². The fraction of sp³-hybridized carbons (Fsp3) is 0.472. The van der Waals surface area contributed by atoms with Crippen LogP contribution in [0, 0.1) is 5.92 Å². The molecule has 1 aliphatic rings. The third-order valence-electron chi connectivity index (χ3n) is 7.77. The van der Waals surface area contributed by atoms with Gasteiger partial charge in [-0.2, -0.15) is 0 Å². The minimum atomic E-state index is -1.04. The fourth-order valence-electron chi connectivity index (χ4n) is 5.32. The summed E-state index contributed by atoms with van der Waals surface area (Å²) in [5.41, 5.74) is 6.97. The molecule has 11 nitrogen and oxygen atoms in total. The van der Waals surface area contributed by atoms with Crippen LogP contribution < -0.4 is 21.7 Å². The number of primary amides is 1. The molecule has 0 radical (unpaired) electrons. The van der Waals surface area contributed by atoms with Gasteiger partial charge in [0.15, 0.2) is 0 Å². The number of nitrogens with one attached hydrogen (secondary N) is 3. The van der Waals surface area contributed by atoms with Crippen molar-refractivity contribution in [2.24, 2.45) is 11.7 Å². The third-order valence-corrected chi connectivity index (χ3v) is 7.77. The lowest BCUT2D eigenvalue weighted by Gasteiger charge is -2.25. The molecule has 254 valence electrons. The smallest absolute Gasteiger partial charge is 0.408 e. The lowest BCUT2D eigenvalue weighted by atomic mass is 9.98. The van der Waals surface area contributed by atoms with E-state index in [2.05, 4.69) is 16.0 Å². The maximum absolute atomic E-state index is 13.7. The summed E-state index contributed by atoms with van der Waals surface area (Å²) < 4.78 is 10.9. The van der Waals surface area contributed by atoms with Gasteiger partial charge in [0.05, 0.1) is 0 Å². The van der Waals surface area contributed by atoms with Gasteiger partial charge in [-0.05, 0) is 55.6 Å². The number of alkyl carbamates (subject to hydrolysis) is 1. The lowest BCUT2D eigenvalue weighted by molar-refractivity contribution is -0.144. The second-order valence-electron chi connectivity index (χ2n) is 12.3. The van der Waals surface area contributed by atoms with Crippen LogP contribution in [-0.2, 0) is 41.7 Å². The Labute approximate surface area is 277 Å². The maximum atomic E-state index is 13.7. The van der Waals surface area contributed by atoms with E-state index in [1.165, 1.54) is 12.2 Å². The second-order valence-corrected chi connectivity index (χ2v) is 12.3. The molecule has 2 aromatic rings. The molecule has 0 aliphatic heterocycles. The van der Waals surface area contributed by atoms with Crippen molar-refractivity contribution in [2.75, 3.05) is 0 Å². The highest BCUT2D eigenvalue weighted by molar-refractivity contribution is 5.92. The minimum Gasteiger partial charge on any atom is -0.459 e.